The third-order valence-corrected chi connectivity index (χ3v) is 5.42. The molecule has 2 heterocycles. The number of rotatable bonds is 7. The average Bonchev–Trinajstić information content (AvgIpc) is 3.20. The Balaban J connectivity index is 1.74. The molecule has 0 saturated carbocycles. The van der Waals surface area contributed by atoms with Crippen molar-refractivity contribution in [2.45, 2.75) is 19.1 Å². The number of hydrogen-bond donors (Lipinski definition) is 2. The molecule has 2 aromatic heterocycles. The van der Waals surface area contributed by atoms with Gasteiger partial charge in [-0.05, 0) is 45.6 Å². The number of amides is 1. The molecule has 0 aliphatic carbocycles. The van der Waals surface area contributed by atoms with E-state index in [4.69, 9.17) is 4.74 Å². The third-order valence-electron chi connectivity index (χ3n) is 4.67. The van der Waals surface area contributed by atoms with Gasteiger partial charge in [0.05, 0.1) is 17.9 Å². The minimum atomic E-state index is -1.30. The van der Waals surface area contributed by atoms with Gasteiger partial charge in [0.25, 0.3) is 0 Å². The summed E-state index contributed by atoms with van der Waals surface area (Å²) in [5, 5.41) is 16.0. The number of hydrogen-bond acceptors (Lipinski definition) is 4. The number of benzene rings is 2. The lowest BCUT2D eigenvalue weighted by atomic mass is 10.0. The van der Waals surface area contributed by atoms with Crippen LogP contribution in [0.2, 0.25) is 0 Å². The quantitative estimate of drug-likeness (QED) is 0.375. The van der Waals surface area contributed by atoms with Crippen LogP contribution in [-0.2, 0) is 13.0 Å². The van der Waals surface area contributed by atoms with Crippen LogP contribution in [0.15, 0.2) is 65.3 Å². The maximum atomic E-state index is 13.7. The van der Waals surface area contributed by atoms with Crippen LogP contribution in [0.1, 0.15) is 22.9 Å². The standard InChI is InChI=1S/C22H17BrF2N4O3/c23-19-20(17(27-22(30)31)10-14-8-15(24)11-16(25)9-14)28-18-6-7-26-29(18)21(19)32-12-13-4-2-1-3-5-13/h1-9,11,17,27H,10,12H2,(H,30,31). The lowest BCUT2D eigenvalue weighted by Gasteiger charge is -2.20. The van der Waals surface area contributed by atoms with Crippen molar-refractivity contribution in [2.24, 2.45) is 0 Å². The number of halogens is 3. The number of fused-ring (bicyclic) bond motifs is 1. The number of nitrogens with zero attached hydrogens (tertiary/aromatic N) is 3. The Hall–Kier alpha value is -3.53. The Bertz CT molecular complexity index is 1250. The molecule has 0 bridgehead atoms. The molecule has 0 spiro atoms. The number of nitrogens with one attached hydrogen (secondary N) is 1. The van der Waals surface area contributed by atoms with Gasteiger partial charge in [-0.15, -0.1) is 0 Å². The Morgan fingerprint density at radius 2 is 1.84 bits per heavy atom. The van der Waals surface area contributed by atoms with Gasteiger partial charge in [-0.2, -0.15) is 9.61 Å². The van der Waals surface area contributed by atoms with Gasteiger partial charge >= 0.3 is 6.09 Å². The maximum absolute atomic E-state index is 13.7. The van der Waals surface area contributed by atoms with Crippen LogP contribution in [0.5, 0.6) is 5.88 Å². The molecule has 2 N–H and O–H groups in total. The summed E-state index contributed by atoms with van der Waals surface area (Å²) < 4.78 is 35.2. The van der Waals surface area contributed by atoms with E-state index in [2.05, 4.69) is 31.3 Å². The lowest BCUT2D eigenvalue weighted by molar-refractivity contribution is 0.189. The van der Waals surface area contributed by atoms with Gasteiger partial charge in [-0.1, -0.05) is 30.3 Å². The van der Waals surface area contributed by atoms with Crippen molar-refractivity contribution in [1.29, 1.82) is 0 Å². The van der Waals surface area contributed by atoms with Gasteiger partial charge in [-0.25, -0.2) is 18.6 Å². The van der Waals surface area contributed by atoms with E-state index in [-0.39, 0.29) is 18.6 Å². The highest BCUT2D eigenvalue weighted by Crippen LogP contribution is 2.34. The first-order valence-electron chi connectivity index (χ1n) is 9.55. The molecule has 0 fully saturated rings. The first kappa shape index (κ1) is 21.7. The molecule has 0 saturated heterocycles. The van der Waals surface area contributed by atoms with E-state index >= 15 is 0 Å². The molecular weight excluding hydrogens is 486 g/mol. The molecule has 1 atom stereocenters. The third kappa shape index (κ3) is 4.86. The predicted octanol–water partition coefficient (Wildman–Crippen LogP) is 4.90. The maximum Gasteiger partial charge on any atom is 0.405 e. The van der Waals surface area contributed by atoms with Crippen molar-refractivity contribution < 1.29 is 23.4 Å². The molecule has 10 heteroatoms. The number of ether oxygens (including phenoxy) is 1. The van der Waals surface area contributed by atoms with Crippen molar-refractivity contribution in [3.63, 3.8) is 0 Å². The minimum Gasteiger partial charge on any atom is -0.472 e. The first-order chi connectivity index (χ1) is 15.4. The molecule has 0 aliphatic heterocycles. The Morgan fingerprint density at radius 1 is 1.12 bits per heavy atom. The fourth-order valence-electron chi connectivity index (χ4n) is 3.32. The second kappa shape index (κ2) is 9.31. The molecule has 1 unspecified atom stereocenters. The highest BCUT2D eigenvalue weighted by Gasteiger charge is 2.25. The van der Waals surface area contributed by atoms with E-state index in [1.165, 1.54) is 10.7 Å². The summed E-state index contributed by atoms with van der Waals surface area (Å²) in [6, 6.07) is 13.3. The van der Waals surface area contributed by atoms with Crippen LogP contribution < -0.4 is 10.1 Å². The van der Waals surface area contributed by atoms with Crippen molar-refractivity contribution in [3.05, 3.63) is 93.7 Å². The fourth-order valence-corrected chi connectivity index (χ4v) is 3.97. The zero-order valence-electron chi connectivity index (χ0n) is 16.5. The molecule has 32 heavy (non-hydrogen) atoms. The average molecular weight is 503 g/mol. The van der Waals surface area contributed by atoms with Crippen molar-refractivity contribution in [1.82, 2.24) is 19.9 Å². The van der Waals surface area contributed by atoms with Crippen LogP contribution >= 0.6 is 15.9 Å². The normalized spacial score (nSPS) is 12.0. The largest absolute Gasteiger partial charge is 0.472 e. The molecule has 0 radical (unpaired) electrons. The van der Waals surface area contributed by atoms with E-state index in [0.29, 0.717) is 21.7 Å². The number of carbonyl (C=O) groups is 1. The second-order valence-corrected chi connectivity index (χ2v) is 7.77. The van der Waals surface area contributed by atoms with Crippen LogP contribution in [0.25, 0.3) is 5.65 Å². The molecule has 1 amide bonds. The van der Waals surface area contributed by atoms with E-state index in [1.54, 1.807) is 6.07 Å². The molecule has 164 valence electrons. The Kier molecular flexibility index (Phi) is 6.31. The molecule has 4 aromatic rings. The summed E-state index contributed by atoms with van der Waals surface area (Å²) >= 11 is 3.46. The van der Waals surface area contributed by atoms with Crippen molar-refractivity contribution >= 4 is 27.7 Å². The monoisotopic (exact) mass is 502 g/mol. The van der Waals surface area contributed by atoms with Crippen molar-refractivity contribution in [2.75, 3.05) is 0 Å². The van der Waals surface area contributed by atoms with Crippen LogP contribution in [-0.4, -0.2) is 25.8 Å². The SMILES string of the molecule is O=C(O)NC(Cc1cc(F)cc(F)c1)c1nc2ccnn2c(OCc2ccccc2)c1Br. The number of aromatic nitrogens is 3. The van der Waals surface area contributed by atoms with Crippen molar-refractivity contribution in [3.8, 4) is 5.88 Å². The van der Waals surface area contributed by atoms with Crippen LogP contribution in [0, 0.1) is 11.6 Å². The van der Waals surface area contributed by atoms with E-state index in [1.807, 2.05) is 30.3 Å². The zero-order valence-corrected chi connectivity index (χ0v) is 18.1. The first-order valence-corrected chi connectivity index (χ1v) is 10.3. The van der Waals surface area contributed by atoms with Crippen LogP contribution in [0.3, 0.4) is 0 Å². The number of carboxylic acid groups (broad SMARTS) is 1. The van der Waals surface area contributed by atoms with Crippen LogP contribution in [0.4, 0.5) is 13.6 Å². The minimum absolute atomic E-state index is 0.0327. The van der Waals surface area contributed by atoms with E-state index in [9.17, 15) is 18.7 Å². The molecule has 0 aliphatic rings. The van der Waals surface area contributed by atoms with Gasteiger partial charge in [0.2, 0.25) is 5.88 Å². The zero-order chi connectivity index (χ0) is 22.7. The highest BCUT2D eigenvalue weighted by atomic mass is 79.9. The summed E-state index contributed by atoms with van der Waals surface area (Å²) in [6.07, 6.45) is 0.200. The molecule has 7 nitrogen and oxygen atoms in total. The Morgan fingerprint density at radius 3 is 2.53 bits per heavy atom. The van der Waals surface area contributed by atoms with Gasteiger partial charge in [0.1, 0.15) is 22.7 Å². The van der Waals surface area contributed by atoms with Gasteiger partial charge < -0.3 is 15.2 Å². The second-order valence-electron chi connectivity index (χ2n) is 6.98. The topological polar surface area (TPSA) is 88.8 Å². The summed E-state index contributed by atoms with van der Waals surface area (Å²) in [5.74, 6) is -1.18. The lowest BCUT2D eigenvalue weighted by Crippen LogP contribution is -2.30. The highest BCUT2D eigenvalue weighted by molar-refractivity contribution is 9.10. The van der Waals surface area contributed by atoms with Gasteiger partial charge in [0.15, 0.2) is 5.65 Å². The van der Waals surface area contributed by atoms with E-state index < -0.39 is 23.8 Å². The predicted molar refractivity (Wildman–Crippen MR) is 115 cm³/mol. The smallest absolute Gasteiger partial charge is 0.405 e. The van der Waals surface area contributed by atoms with Gasteiger partial charge in [-0.3, -0.25) is 0 Å². The fraction of sp³-hybridized carbons (Fsp3) is 0.136. The summed E-state index contributed by atoms with van der Waals surface area (Å²) in [7, 11) is 0. The summed E-state index contributed by atoms with van der Waals surface area (Å²) in [6.45, 7) is 0.240. The Labute approximate surface area is 189 Å². The molecule has 4 rings (SSSR count). The summed E-state index contributed by atoms with van der Waals surface area (Å²) in [4.78, 5) is 16.0. The molecule has 2 aromatic carbocycles. The molecular formula is C22H17BrF2N4O3. The van der Waals surface area contributed by atoms with Gasteiger partial charge in [0, 0.05) is 12.1 Å². The van der Waals surface area contributed by atoms with E-state index in [0.717, 1.165) is 23.8 Å². The summed E-state index contributed by atoms with van der Waals surface area (Å²) in [5.41, 5.74) is 1.92.